The third-order valence-corrected chi connectivity index (χ3v) is 1.56. The van der Waals surface area contributed by atoms with Gasteiger partial charge in [0.25, 0.3) is 0 Å². The second kappa shape index (κ2) is 2.81. The van der Waals surface area contributed by atoms with Gasteiger partial charge in [-0.25, -0.2) is 4.39 Å². The van der Waals surface area contributed by atoms with E-state index in [1.807, 2.05) is 0 Å². The second-order valence-corrected chi connectivity index (χ2v) is 2.53. The predicted molar refractivity (Wildman–Crippen MR) is 43.8 cm³/mol. The van der Waals surface area contributed by atoms with Crippen molar-refractivity contribution in [2.45, 2.75) is 6.92 Å². The molecule has 3 nitrogen and oxygen atoms in total. The van der Waals surface area contributed by atoms with Gasteiger partial charge in [0, 0.05) is 0 Å². The molecule has 0 heterocycles. The molecule has 0 atom stereocenters. The van der Waals surface area contributed by atoms with Crippen LogP contribution in [-0.2, 0) is 0 Å². The summed E-state index contributed by atoms with van der Waals surface area (Å²) in [5.74, 6) is -0.977. The molecule has 12 heavy (non-hydrogen) atoms. The topological polar surface area (TPSA) is 70.1 Å². The third kappa shape index (κ3) is 1.37. The highest BCUT2D eigenvalue weighted by atomic mass is 19.1. The van der Waals surface area contributed by atoms with E-state index in [4.69, 9.17) is 11.1 Å². The zero-order chi connectivity index (χ0) is 9.30. The maximum atomic E-state index is 12.7. The molecule has 0 saturated carbocycles. The number of nitrogens with two attached hydrogens (primary N) is 1. The number of phenols is 1. The van der Waals surface area contributed by atoms with E-state index in [0.29, 0.717) is 5.56 Å². The molecule has 1 rings (SSSR count). The fourth-order valence-electron chi connectivity index (χ4n) is 0.941. The van der Waals surface area contributed by atoms with E-state index in [2.05, 4.69) is 0 Å². The Labute approximate surface area is 69.1 Å². The number of halogens is 1. The van der Waals surface area contributed by atoms with Gasteiger partial charge in [0.05, 0.1) is 5.56 Å². The standard InChI is InChI=1S/C8H9FN2O/c1-4-2-5(9)3-6(7(4)12)8(10)11/h2-3,12H,1H3,(H3,10,11). The minimum atomic E-state index is -0.504. The van der Waals surface area contributed by atoms with Crippen molar-refractivity contribution < 1.29 is 9.50 Å². The van der Waals surface area contributed by atoms with Gasteiger partial charge in [-0.1, -0.05) is 0 Å². The molecule has 0 aromatic heterocycles. The molecule has 0 aliphatic heterocycles. The zero-order valence-corrected chi connectivity index (χ0v) is 6.56. The van der Waals surface area contributed by atoms with Crippen molar-refractivity contribution in [3.63, 3.8) is 0 Å². The highest BCUT2D eigenvalue weighted by molar-refractivity contribution is 5.97. The van der Waals surface area contributed by atoms with Gasteiger partial charge in [-0.05, 0) is 24.6 Å². The van der Waals surface area contributed by atoms with Gasteiger partial charge < -0.3 is 10.8 Å². The number of hydrogen-bond acceptors (Lipinski definition) is 2. The molecule has 4 heteroatoms. The highest BCUT2D eigenvalue weighted by Gasteiger charge is 2.08. The summed E-state index contributed by atoms with van der Waals surface area (Å²) in [7, 11) is 0. The first kappa shape index (κ1) is 8.52. The van der Waals surface area contributed by atoms with Crippen LogP contribution in [0.2, 0.25) is 0 Å². The van der Waals surface area contributed by atoms with E-state index < -0.39 is 5.82 Å². The normalized spacial score (nSPS) is 9.83. The lowest BCUT2D eigenvalue weighted by Gasteiger charge is -2.04. The second-order valence-electron chi connectivity index (χ2n) is 2.53. The van der Waals surface area contributed by atoms with Crippen LogP contribution in [0.4, 0.5) is 4.39 Å². The largest absolute Gasteiger partial charge is 0.507 e. The molecule has 0 bridgehead atoms. The molecular weight excluding hydrogens is 159 g/mol. The summed E-state index contributed by atoms with van der Waals surface area (Å²) < 4.78 is 12.7. The molecule has 64 valence electrons. The average Bonchev–Trinajstić information content (AvgIpc) is 1.96. The Bertz CT molecular complexity index is 336. The molecule has 0 aliphatic carbocycles. The number of phenolic OH excluding ortho intramolecular Hbond substituents is 1. The van der Waals surface area contributed by atoms with Crippen molar-refractivity contribution >= 4 is 5.84 Å². The maximum Gasteiger partial charge on any atom is 0.129 e. The first-order valence-corrected chi connectivity index (χ1v) is 3.36. The Kier molecular flexibility index (Phi) is 1.99. The van der Waals surface area contributed by atoms with Crippen LogP contribution in [0.25, 0.3) is 0 Å². The van der Waals surface area contributed by atoms with Gasteiger partial charge in [-0.15, -0.1) is 0 Å². The summed E-state index contributed by atoms with van der Waals surface area (Å²) >= 11 is 0. The van der Waals surface area contributed by atoms with Crippen molar-refractivity contribution in [1.29, 1.82) is 5.41 Å². The van der Waals surface area contributed by atoms with Gasteiger partial charge >= 0.3 is 0 Å². The van der Waals surface area contributed by atoms with Crippen molar-refractivity contribution in [3.05, 3.63) is 29.1 Å². The SMILES string of the molecule is Cc1cc(F)cc(C(=N)N)c1O. The van der Waals surface area contributed by atoms with E-state index in [-0.39, 0.29) is 17.1 Å². The number of aryl methyl sites for hydroxylation is 1. The van der Waals surface area contributed by atoms with E-state index in [1.165, 1.54) is 6.07 Å². The Morgan fingerprint density at radius 1 is 1.58 bits per heavy atom. The smallest absolute Gasteiger partial charge is 0.129 e. The minimum absolute atomic E-state index is 0.0347. The van der Waals surface area contributed by atoms with Crippen molar-refractivity contribution in [3.8, 4) is 5.75 Å². The maximum absolute atomic E-state index is 12.7. The van der Waals surface area contributed by atoms with Crippen LogP contribution in [0.1, 0.15) is 11.1 Å². The van der Waals surface area contributed by atoms with Crippen LogP contribution in [0.3, 0.4) is 0 Å². The molecule has 0 unspecified atom stereocenters. The van der Waals surface area contributed by atoms with Crippen LogP contribution < -0.4 is 5.73 Å². The van der Waals surface area contributed by atoms with Gasteiger partial charge in [0.2, 0.25) is 0 Å². The number of rotatable bonds is 1. The zero-order valence-electron chi connectivity index (χ0n) is 6.56. The van der Waals surface area contributed by atoms with Gasteiger partial charge in [0.15, 0.2) is 0 Å². The van der Waals surface area contributed by atoms with Gasteiger partial charge in [-0.3, -0.25) is 5.41 Å². The molecule has 0 spiro atoms. The number of amidine groups is 1. The molecule has 4 N–H and O–H groups in total. The summed E-state index contributed by atoms with van der Waals surface area (Å²) in [6.07, 6.45) is 0. The summed E-state index contributed by atoms with van der Waals surface area (Å²) in [6.45, 7) is 1.55. The van der Waals surface area contributed by atoms with Crippen LogP contribution in [0, 0.1) is 18.2 Å². The van der Waals surface area contributed by atoms with E-state index in [0.717, 1.165) is 6.07 Å². The summed E-state index contributed by atoms with van der Waals surface area (Å²) in [6, 6.07) is 2.21. The van der Waals surface area contributed by atoms with Crippen LogP contribution in [0.5, 0.6) is 5.75 Å². The Hall–Kier alpha value is -1.58. The first-order chi connectivity index (χ1) is 5.52. The molecule has 0 amide bonds. The van der Waals surface area contributed by atoms with Crippen LogP contribution in [-0.4, -0.2) is 10.9 Å². The fourth-order valence-corrected chi connectivity index (χ4v) is 0.941. The molecule has 1 aromatic rings. The van der Waals surface area contributed by atoms with E-state index in [1.54, 1.807) is 6.92 Å². The van der Waals surface area contributed by atoms with E-state index >= 15 is 0 Å². The van der Waals surface area contributed by atoms with Crippen molar-refractivity contribution in [2.24, 2.45) is 5.73 Å². The van der Waals surface area contributed by atoms with Crippen LogP contribution >= 0.6 is 0 Å². The first-order valence-electron chi connectivity index (χ1n) is 3.36. The van der Waals surface area contributed by atoms with Gasteiger partial charge in [0.1, 0.15) is 17.4 Å². The monoisotopic (exact) mass is 168 g/mol. The molecule has 1 aromatic carbocycles. The molecule has 0 saturated heterocycles. The summed E-state index contributed by atoms with van der Waals surface area (Å²) in [5.41, 5.74) is 5.52. The summed E-state index contributed by atoms with van der Waals surface area (Å²) in [5, 5.41) is 16.3. The number of nitrogen functional groups attached to an aromatic ring is 1. The lowest BCUT2D eigenvalue weighted by Crippen LogP contribution is -2.12. The Morgan fingerprint density at radius 2 is 2.17 bits per heavy atom. The fraction of sp³-hybridized carbons (Fsp3) is 0.125. The predicted octanol–water partition coefficient (Wildman–Crippen LogP) is 1.12. The highest BCUT2D eigenvalue weighted by Crippen LogP contribution is 2.22. The molecule has 0 radical (unpaired) electrons. The summed E-state index contributed by atoms with van der Waals surface area (Å²) in [4.78, 5) is 0. The van der Waals surface area contributed by atoms with Crippen LogP contribution in [0.15, 0.2) is 12.1 Å². The average molecular weight is 168 g/mol. The molecular formula is C8H9FN2O. The minimum Gasteiger partial charge on any atom is -0.507 e. The Morgan fingerprint density at radius 3 is 2.67 bits per heavy atom. The van der Waals surface area contributed by atoms with Crippen molar-refractivity contribution in [2.75, 3.05) is 0 Å². The van der Waals surface area contributed by atoms with E-state index in [9.17, 15) is 9.50 Å². The lowest BCUT2D eigenvalue weighted by atomic mass is 10.1. The number of hydrogen-bond donors (Lipinski definition) is 3. The van der Waals surface area contributed by atoms with Crippen molar-refractivity contribution in [1.82, 2.24) is 0 Å². The molecule has 0 aliphatic rings. The Balaban J connectivity index is 3.37. The lowest BCUT2D eigenvalue weighted by molar-refractivity contribution is 0.467. The van der Waals surface area contributed by atoms with Gasteiger partial charge in [-0.2, -0.15) is 0 Å². The molecule has 0 fully saturated rings. The number of aromatic hydroxyl groups is 1. The number of nitrogens with one attached hydrogen (secondary N) is 1. The quantitative estimate of drug-likeness (QED) is 0.434. The number of benzene rings is 1. The third-order valence-electron chi connectivity index (χ3n) is 1.56.